The predicted molar refractivity (Wildman–Crippen MR) is 93.9 cm³/mol. The van der Waals surface area contributed by atoms with Gasteiger partial charge in [0.1, 0.15) is 17.2 Å². The number of nitrogens with zero attached hydrogens (tertiary/aromatic N) is 2. The van der Waals surface area contributed by atoms with Gasteiger partial charge in [-0.15, -0.1) is 0 Å². The van der Waals surface area contributed by atoms with E-state index in [0.29, 0.717) is 17.1 Å². The SMILES string of the molecule is COc1ccc(C=NNC(=O)COc2cccc([N+](=O)[O-])c2)c(OC)c1. The van der Waals surface area contributed by atoms with E-state index in [-0.39, 0.29) is 18.0 Å². The molecule has 9 nitrogen and oxygen atoms in total. The maximum Gasteiger partial charge on any atom is 0.277 e. The van der Waals surface area contributed by atoms with Crippen molar-refractivity contribution in [2.75, 3.05) is 20.8 Å². The molecule has 0 fully saturated rings. The van der Waals surface area contributed by atoms with Gasteiger partial charge in [0.05, 0.1) is 31.4 Å². The van der Waals surface area contributed by atoms with Crippen molar-refractivity contribution in [2.24, 2.45) is 5.10 Å². The zero-order chi connectivity index (χ0) is 18.9. The number of non-ortho nitro benzene ring substituents is 1. The molecule has 0 bridgehead atoms. The standard InChI is InChI=1S/C17H17N3O6/c1-24-14-7-6-12(16(9-14)25-2)10-18-19-17(21)11-26-15-5-3-4-13(8-15)20(22)23/h3-10H,11H2,1-2H3,(H,19,21). The molecule has 0 saturated heterocycles. The first-order valence-corrected chi connectivity index (χ1v) is 7.44. The van der Waals surface area contributed by atoms with Gasteiger partial charge in [0.2, 0.25) is 0 Å². The number of hydrogen-bond donors (Lipinski definition) is 1. The quantitative estimate of drug-likeness (QED) is 0.439. The Kier molecular flexibility index (Phi) is 6.49. The molecule has 2 aromatic rings. The molecule has 2 aromatic carbocycles. The lowest BCUT2D eigenvalue weighted by Gasteiger charge is -2.07. The van der Waals surface area contributed by atoms with Gasteiger partial charge in [-0.3, -0.25) is 14.9 Å². The van der Waals surface area contributed by atoms with Crippen LogP contribution in [-0.2, 0) is 4.79 Å². The number of benzene rings is 2. The summed E-state index contributed by atoms with van der Waals surface area (Å²) in [5.41, 5.74) is 2.83. The van der Waals surface area contributed by atoms with Crippen LogP contribution in [0, 0.1) is 10.1 Å². The zero-order valence-electron chi connectivity index (χ0n) is 14.2. The van der Waals surface area contributed by atoms with Gasteiger partial charge in [0.25, 0.3) is 11.6 Å². The van der Waals surface area contributed by atoms with Crippen molar-refractivity contribution in [1.82, 2.24) is 5.43 Å². The molecule has 1 amide bonds. The van der Waals surface area contributed by atoms with E-state index in [1.807, 2.05) is 0 Å². The summed E-state index contributed by atoms with van der Waals surface area (Å²) in [6.07, 6.45) is 1.42. The Bertz CT molecular complexity index is 822. The van der Waals surface area contributed by atoms with E-state index < -0.39 is 10.8 Å². The van der Waals surface area contributed by atoms with Crippen LogP contribution < -0.4 is 19.6 Å². The van der Waals surface area contributed by atoms with Crippen molar-refractivity contribution < 1.29 is 23.9 Å². The maximum atomic E-state index is 11.7. The normalized spacial score (nSPS) is 10.4. The minimum absolute atomic E-state index is 0.118. The molecule has 0 aliphatic rings. The van der Waals surface area contributed by atoms with E-state index in [4.69, 9.17) is 14.2 Å². The molecule has 0 heterocycles. The first-order valence-electron chi connectivity index (χ1n) is 7.44. The number of ether oxygens (including phenoxy) is 3. The second kappa shape index (κ2) is 9.02. The van der Waals surface area contributed by atoms with Crippen LogP contribution in [0.25, 0.3) is 0 Å². The first kappa shape index (κ1) is 18.7. The van der Waals surface area contributed by atoms with Crippen LogP contribution in [0.4, 0.5) is 5.69 Å². The summed E-state index contributed by atoms with van der Waals surface area (Å²) in [6.45, 7) is -0.335. The Hall–Kier alpha value is -3.62. The molecule has 0 aromatic heterocycles. The van der Waals surface area contributed by atoms with Crippen molar-refractivity contribution in [3.05, 3.63) is 58.1 Å². The van der Waals surface area contributed by atoms with Gasteiger partial charge in [-0.1, -0.05) is 6.07 Å². The molecular formula is C17H17N3O6. The molecule has 0 radical (unpaired) electrons. The number of hydrazone groups is 1. The number of rotatable bonds is 8. The van der Waals surface area contributed by atoms with E-state index in [1.54, 1.807) is 25.3 Å². The number of nitrogens with one attached hydrogen (secondary N) is 1. The van der Waals surface area contributed by atoms with E-state index in [9.17, 15) is 14.9 Å². The Balaban J connectivity index is 1.90. The van der Waals surface area contributed by atoms with Crippen LogP contribution in [0.2, 0.25) is 0 Å². The number of carbonyl (C=O) groups excluding carboxylic acids is 1. The fourth-order valence-corrected chi connectivity index (χ4v) is 1.97. The Morgan fingerprint density at radius 3 is 2.69 bits per heavy atom. The average molecular weight is 359 g/mol. The maximum absolute atomic E-state index is 11.7. The fraction of sp³-hybridized carbons (Fsp3) is 0.176. The van der Waals surface area contributed by atoms with E-state index in [1.165, 1.54) is 37.6 Å². The second-order valence-corrected chi connectivity index (χ2v) is 4.94. The fourth-order valence-electron chi connectivity index (χ4n) is 1.97. The molecule has 136 valence electrons. The lowest BCUT2D eigenvalue weighted by atomic mass is 10.2. The molecular weight excluding hydrogens is 342 g/mol. The summed E-state index contributed by atoms with van der Waals surface area (Å²) in [5.74, 6) is 0.874. The van der Waals surface area contributed by atoms with E-state index in [0.717, 1.165) is 0 Å². The van der Waals surface area contributed by atoms with Crippen molar-refractivity contribution >= 4 is 17.8 Å². The highest BCUT2D eigenvalue weighted by Crippen LogP contribution is 2.23. The van der Waals surface area contributed by atoms with Gasteiger partial charge in [-0.2, -0.15) is 5.10 Å². The van der Waals surface area contributed by atoms with Crippen LogP contribution in [0.3, 0.4) is 0 Å². The lowest BCUT2D eigenvalue weighted by Crippen LogP contribution is -2.24. The number of carbonyl (C=O) groups is 1. The zero-order valence-corrected chi connectivity index (χ0v) is 14.2. The molecule has 9 heteroatoms. The lowest BCUT2D eigenvalue weighted by molar-refractivity contribution is -0.384. The van der Waals surface area contributed by atoms with Gasteiger partial charge < -0.3 is 14.2 Å². The van der Waals surface area contributed by atoms with E-state index in [2.05, 4.69) is 10.5 Å². The molecule has 0 aliphatic heterocycles. The van der Waals surface area contributed by atoms with Gasteiger partial charge in [0.15, 0.2) is 6.61 Å². The summed E-state index contributed by atoms with van der Waals surface area (Å²) in [4.78, 5) is 21.9. The largest absolute Gasteiger partial charge is 0.497 e. The molecule has 2 rings (SSSR count). The number of amides is 1. The number of nitro groups is 1. The molecule has 0 spiro atoms. The second-order valence-electron chi connectivity index (χ2n) is 4.94. The van der Waals surface area contributed by atoms with Crippen LogP contribution in [0.15, 0.2) is 47.6 Å². The molecule has 1 N–H and O–H groups in total. The molecule has 0 saturated carbocycles. The van der Waals surface area contributed by atoms with Gasteiger partial charge in [0, 0.05) is 17.7 Å². The summed E-state index contributed by atoms with van der Waals surface area (Å²) >= 11 is 0. The highest BCUT2D eigenvalue weighted by molar-refractivity contribution is 5.85. The predicted octanol–water partition coefficient (Wildman–Crippen LogP) is 2.14. The summed E-state index contributed by atoms with van der Waals surface area (Å²) in [6, 6.07) is 10.7. The van der Waals surface area contributed by atoms with Crippen LogP contribution in [0.5, 0.6) is 17.2 Å². The Morgan fingerprint density at radius 1 is 1.19 bits per heavy atom. The van der Waals surface area contributed by atoms with Crippen molar-refractivity contribution in [3.63, 3.8) is 0 Å². The van der Waals surface area contributed by atoms with Crippen molar-refractivity contribution in [1.29, 1.82) is 0 Å². The highest BCUT2D eigenvalue weighted by Gasteiger charge is 2.08. The first-order chi connectivity index (χ1) is 12.5. The number of methoxy groups -OCH3 is 2. The van der Waals surface area contributed by atoms with Gasteiger partial charge >= 0.3 is 0 Å². The van der Waals surface area contributed by atoms with E-state index >= 15 is 0 Å². The molecule has 0 unspecified atom stereocenters. The summed E-state index contributed by atoms with van der Waals surface area (Å²) < 4.78 is 15.5. The molecule has 0 aliphatic carbocycles. The van der Waals surface area contributed by atoms with Crippen molar-refractivity contribution in [2.45, 2.75) is 0 Å². The highest BCUT2D eigenvalue weighted by atomic mass is 16.6. The summed E-state index contributed by atoms with van der Waals surface area (Å²) in [7, 11) is 3.06. The van der Waals surface area contributed by atoms with Crippen LogP contribution >= 0.6 is 0 Å². The minimum Gasteiger partial charge on any atom is -0.497 e. The van der Waals surface area contributed by atoms with Crippen LogP contribution in [0.1, 0.15) is 5.56 Å². The number of nitro benzene ring substituents is 1. The number of hydrogen-bond acceptors (Lipinski definition) is 7. The molecule has 0 atom stereocenters. The summed E-state index contributed by atoms with van der Waals surface area (Å²) in [5, 5.41) is 14.5. The van der Waals surface area contributed by atoms with Gasteiger partial charge in [-0.25, -0.2) is 5.43 Å². The topological polar surface area (TPSA) is 112 Å². The van der Waals surface area contributed by atoms with Gasteiger partial charge in [-0.05, 0) is 18.2 Å². The van der Waals surface area contributed by atoms with Crippen molar-refractivity contribution in [3.8, 4) is 17.2 Å². The smallest absolute Gasteiger partial charge is 0.277 e. The van der Waals surface area contributed by atoms with Crippen LogP contribution in [-0.4, -0.2) is 37.9 Å². The molecule has 26 heavy (non-hydrogen) atoms. The third-order valence-corrected chi connectivity index (χ3v) is 3.23. The monoisotopic (exact) mass is 359 g/mol. The average Bonchev–Trinajstić information content (AvgIpc) is 2.66. The minimum atomic E-state index is -0.542. The Labute approximate surface area is 149 Å². The third kappa shape index (κ3) is 5.20. The third-order valence-electron chi connectivity index (χ3n) is 3.23. The Morgan fingerprint density at radius 2 is 2.00 bits per heavy atom.